The fraction of sp³-hybridized carbons (Fsp3) is 0.636. The summed E-state index contributed by atoms with van der Waals surface area (Å²) in [5, 5.41) is 5.89. The van der Waals surface area contributed by atoms with Gasteiger partial charge in [-0.25, -0.2) is 0 Å². The predicted molar refractivity (Wildman–Crippen MR) is 104 cm³/mol. The first kappa shape index (κ1) is 18.9. The van der Waals surface area contributed by atoms with E-state index in [1.54, 1.807) is 0 Å². The monoisotopic (exact) mass is 356 g/mol. The number of carbonyl (C=O) groups is 2. The molecule has 0 bridgehead atoms. The molecule has 0 aliphatic heterocycles. The van der Waals surface area contributed by atoms with Gasteiger partial charge < -0.3 is 10.6 Å². The predicted octanol–water partition coefficient (Wildman–Crippen LogP) is 3.83. The van der Waals surface area contributed by atoms with E-state index in [-0.39, 0.29) is 12.1 Å². The zero-order chi connectivity index (χ0) is 18.5. The molecule has 1 aromatic rings. The summed E-state index contributed by atoms with van der Waals surface area (Å²) in [6, 6.07) is 6.56. The summed E-state index contributed by atoms with van der Waals surface area (Å²) >= 11 is 0. The van der Waals surface area contributed by atoms with Crippen molar-refractivity contribution in [3.05, 3.63) is 34.9 Å². The molecule has 26 heavy (non-hydrogen) atoms. The Kier molecular flexibility index (Phi) is 6.33. The number of aryl methyl sites for hydroxylation is 2. The van der Waals surface area contributed by atoms with Crippen LogP contribution in [0.5, 0.6) is 0 Å². The first-order valence-corrected chi connectivity index (χ1v) is 10.3. The number of rotatable bonds is 4. The van der Waals surface area contributed by atoms with E-state index in [4.69, 9.17) is 0 Å². The molecule has 0 radical (unpaired) electrons. The van der Waals surface area contributed by atoms with Gasteiger partial charge in [0, 0.05) is 6.04 Å². The van der Waals surface area contributed by atoms with Crippen LogP contribution in [0.3, 0.4) is 0 Å². The lowest BCUT2D eigenvalue weighted by Crippen LogP contribution is -2.48. The number of fused-ring (bicyclic) bond motifs is 1. The van der Waals surface area contributed by atoms with Crippen molar-refractivity contribution in [3.63, 3.8) is 0 Å². The minimum atomic E-state index is -0.507. The molecule has 2 N–H and O–H groups in total. The van der Waals surface area contributed by atoms with Crippen molar-refractivity contribution in [1.82, 2.24) is 10.6 Å². The molecule has 3 atom stereocenters. The van der Waals surface area contributed by atoms with Gasteiger partial charge in [-0.1, -0.05) is 44.9 Å². The number of amides is 2. The average Bonchev–Trinajstić information content (AvgIpc) is 2.67. The van der Waals surface area contributed by atoms with Crippen LogP contribution in [-0.4, -0.2) is 17.9 Å². The second-order valence-electron chi connectivity index (χ2n) is 8.01. The lowest BCUT2D eigenvalue weighted by Gasteiger charge is -2.29. The molecule has 1 aromatic carbocycles. The van der Waals surface area contributed by atoms with Crippen molar-refractivity contribution in [2.24, 2.45) is 5.92 Å². The molecule has 142 valence electrons. The highest BCUT2D eigenvalue weighted by Crippen LogP contribution is 2.26. The number of carbonyl (C=O) groups excluding carboxylic acids is 2. The average molecular weight is 357 g/mol. The van der Waals surface area contributed by atoms with Gasteiger partial charge in [-0.2, -0.15) is 0 Å². The van der Waals surface area contributed by atoms with E-state index in [1.165, 1.54) is 30.4 Å². The first-order chi connectivity index (χ1) is 12.6. The summed E-state index contributed by atoms with van der Waals surface area (Å²) in [6.07, 6.45) is 9.99. The van der Waals surface area contributed by atoms with E-state index in [2.05, 4.69) is 35.8 Å². The molecule has 0 spiro atoms. The largest absolute Gasteiger partial charge is 0.345 e. The third-order valence-electron chi connectivity index (χ3n) is 6.12. The number of benzene rings is 1. The lowest BCUT2D eigenvalue weighted by atomic mass is 9.86. The molecule has 4 nitrogen and oxygen atoms in total. The van der Waals surface area contributed by atoms with Crippen LogP contribution in [-0.2, 0) is 22.4 Å². The van der Waals surface area contributed by atoms with Gasteiger partial charge in [0.2, 0.25) is 0 Å². The SMILES string of the molecule is CCC(NC(=O)C(=O)NC1CCCCC1C)c1ccc2c(c1)CCCC2. The maximum absolute atomic E-state index is 12.4. The standard InChI is InChI=1S/C22H32N2O2/c1-3-19(18-13-12-16-9-5-6-10-17(16)14-18)23-21(25)22(26)24-20-11-7-4-8-15(20)2/h12-15,19-20H,3-11H2,1-2H3,(H,23,25)(H,24,26). The van der Waals surface area contributed by atoms with Crippen LogP contribution < -0.4 is 10.6 Å². The molecule has 2 amide bonds. The molecule has 4 heteroatoms. The van der Waals surface area contributed by atoms with Crippen molar-refractivity contribution in [2.75, 3.05) is 0 Å². The number of nitrogens with one attached hydrogen (secondary N) is 2. The van der Waals surface area contributed by atoms with Crippen molar-refractivity contribution in [1.29, 1.82) is 0 Å². The Balaban J connectivity index is 1.61. The number of hydrogen-bond acceptors (Lipinski definition) is 2. The van der Waals surface area contributed by atoms with Crippen LogP contribution in [0.4, 0.5) is 0 Å². The fourth-order valence-corrected chi connectivity index (χ4v) is 4.38. The van der Waals surface area contributed by atoms with Gasteiger partial charge in [0.1, 0.15) is 0 Å². The van der Waals surface area contributed by atoms with Crippen LogP contribution in [0, 0.1) is 5.92 Å². The first-order valence-electron chi connectivity index (χ1n) is 10.3. The van der Waals surface area contributed by atoms with Crippen LogP contribution in [0.2, 0.25) is 0 Å². The third kappa shape index (κ3) is 4.46. The van der Waals surface area contributed by atoms with Crippen LogP contribution in [0.15, 0.2) is 18.2 Å². The normalized spacial score (nSPS) is 23.6. The highest BCUT2D eigenvalue weighted by Gasteiger charge is 2.26. The minimum absolute atomic E-state index is 0.107. The summed E-state index contributed by atoms with van der Waals surface area (Å²) in [7, 11) is 0. The highest BCUT2D eigenvalue weighted by atomic mass is 16.2. The van der Waals surface area contributed by atoms with Crippen molar-refractivity contribution < 1.29 is 9.59 Å². The van der Waals surface area contributed by atoms with E-state index in [9.17, 15) is 9.59 Å². The van der Waals surface area contributed by atoms with Gasteiger partial charge in [0.15, 0.2) is 0 Å². The molecule has 3 unspecified atom stereocenters. The Hall–Kier alpha value is -1.84. The third-order valence-corrected chi connectivity index (χ3v) is 6.12. The lowest BCUT2D eigenvalue weighted by molar-refractivity contribution is -0.140. The van der Waals surface area contributed by atoms with Gasteiger partial charge in [-0.3, -0.25) is 9.59 Å². The minimum Gasteiger partial charge on any atom is -0.345 e. The van der Waals surface area contributed by atoms with Crippen molar-refractivity contribution in [3.8, 4) is 0 Å². The van der Waals surface area contributed by atoms with Crippen LogP contribution >= 0.6 is 0 Å². The maximum atomic E-state index is 12.4. The molecular formula is C22H32N2O2. The molecule has 2 aliphatic rings. The van der Waals surface area contributed by atoms with Crippen molar-refractivity contribution >= 4 is 11.8 Å². The molecule has 2 aliphatic carbocycles. The maximum Gasteiger partial charge on any atom is 0.309 e. The van der Waals surface area contributed by atoms with Crippen LogP contribution in [0.1, 0.15) is 81.5 Å². The van der Waals surface area contributed by atoms with E-state index in [0.717, 1.165) is 44.1 Å². The second-order valence-corrected chi connectivity index (χ2v) is 8.01. The Bertz CT molecular complexity index is 656. The summed E-state index contributed by atoms with van der Waals surface area (Å²) < 4.78 is 0. The van der Waals surface area contributed by atoms with E-state index in [1.807, 2.05) is 6.92 Å². The van der Waals surface area contributed by atoms with Gasteiger partial charge in [0.05, 0.1) is 6.04 Å². The summed E-state index contributed by atoms with van der Waals surface area (Å²) in [5.41, 5.74) is 3.95. The van der Waals surface area contributed by atoms with Gasteiger partial charge >= 0.3 is 11.8 Å². The molecule has 3 rings (SSSR count). The molecule has 0 saturated heterocycles. The Labute approximate surface area is 157 Å². The smallest absolute Gasteiger partial charge is 0.309 e. The van der Waals surface area contributed by atoms with Crippen LogP contribution in [0.25, 0.3) is 0 Å². The molecule has 1 fully saturated rings. The Morgan fingerprint density at radius 3 is 2.50 bits per heavy atom. The molecule has 0 heterocycles. The van der Waals surface area contributed by atoms with Crippen molar-refractivity contribution in [2.45, 2.75) is 83.7 Å². The Morgan fingerprint density at radius 1 is 1.04 bits per heavy atom. The highest BCUT2D eigenvalue weighted by molar-refractivity contribution is 6.35. The summed E-state index contributed by atoms with van der Waals surface area (Å²) in [6.45, 7) is 4.20. The summed E-state index contributed by atoms with van der Waals surface area (Å²) in [5.74, 6) is -0.546. The van der Waals surface area contributed by atoms with Gasteiger partial charge in [0.25, 0.3) is 0 Å². The topological polar surface area (TPSA) is 58.2 Å². The summed E-state index contributed by atoms with van der Waals surface area (Å²) in [4.78, 5) is 24.8. The zero-order valence-electron chi connectivity index (χ0n) is 16.1. The van der Waals surface area contributed by atoms with Gasteiger partial charge in [-0.05, 0) is 67.6 Å². The quantitative estimate of drug-likeness (QED) is 0.806. The molecule has 0 aromatic heterocycles. The van der Waals surface area contributed by atoms with Gasteiger partial charge in [-0.15, -0.1) is 0 Å². The van der Waals surface area contributed by atoms with E-state index < -0.39 is 11.8 Å². The van der Waals surface area contributed by atoms with E-state index in [0.29, 0.717) is 5.92 Å². The second kappa shape index (κ2) is 8.70. The fourth-order valence-electron chi connectivity index (χ4n) is 4.38. The number of hydrogen-bond donors (Lipinski definition) is 2. The zero-order valence-corrected chi connectivity index (χ0v) is 16.1. The Morgan fingerprint density at radius 2 is 1.77 bits per heavy atom. The van der Waals surface area contributed by atoms with E-state index >= 15 is 0 Å². The molecule has 1 saturated carbocycles. The molecular weight excluding hydrogens is 324 g/mol.